The fourth-order valence-corrected chi connectivity index (χ4v) is 4.13. The number of thioether (sulfide) groups is 1. The molecule has 3 heterocycles. The van der Waals surface area contributed by atoms with E-state index in [2.05, 4.69) is 16.1 Å². The van der Waals surface area contributed by atoms with Gasteiger partial charge in [-0.25, -0.2) is 4.98 Å². The number of benzene rings is 1. The van der Waals surface area contributed by atoms with Crippen LogP contribution in [0.2, 0.25) is 0 Å². The van der Waals surface area contributed by atoms with Crippen molar-refractivity contribution >= 4 is 29.3 Å². The summed E-state index contributed by atoms with van der Waals surface area (Å²) < 4.78 is 2.22. The third kappa shape index (κ3) is 3.56. The number of carbonyl (C=O) groups is 2. The average Bonchev–Trinajstić information content (AvgIpc) is 3.21. The molecule has 0 unspecified atom stereocenters. The van der Waals surface area contributed by atoms with Crippen LogP contribution in [0.15, 0.2) is 30.5 Å². The highest BCUT2D eigenvalue weighted by molar-refractivity contribution is 8.00. The number of imidazole rings is 1. The number of aryl methyl sites for hydroxylation is 2. The van der Waals surface area contributed by atoms with Crippen molar-refractivity contribution < 1.29 is 9.59 Å². The molecule has 6 nitrogen and oxygen atoms in total. The van der Waals surface area contributed by atoms with Crippen molar-refractivity contribution in [3.05, 3.63) is 36.3 Å². The van der Waals surface area contributed by atoms with Gasteiger partial charge in [-0.3, -0.25) is 9.59 Å². The van der Waals surface area contributed by atoms with E-state index in [1.165, 1.54) is 24.6 Å². The Hall–Kier alpha value is -2.28. The summed E-state index contributed by atoms with van der Waals surface area (Å²) in [4.78, 5) is 30.1. The molecule has 0 atom stereocenters. The molecule has 25 heavy (non-hydrogen) atoms. The largest absolute Gasteiger partial charge is 0.334 e. The molecule has 0 aliphatic carbocycles. The fraction of sp³-hybridized carbons (Fsp3) is 0.389. The molecule has 1 saturated heterocycles. The fourth-order valence-electron chi connectivity index (χ4n) is 3.22. The van der Waals surface area contributed by atoms with Crippen molar-refractivity contribution in [1.29, 1.82) is 0 Å². The minimum Gasteiger partial charge on any atom is -0.334 e. The summed E-state index contributed by atoms with van der Waals surface area (Å²) >= 11 is 1.54. The Bertz CT molecular complexity index is 794. The van der Waals surface area contributed by atoms with Crippen molar-refractivity contribution in [3.8, 4) is 11.3 Å². The van der Waals surface area contributed by atoms with E-state index in [0.29, 0.717) is 11.6 Å². The van der Waals surface area contributed by atoms with Crippen molar-refractivity contribution in [1.82, 2.24) is 14.5 Å². The second-order valence-corrected chi connectivity index (χ2v) is 7.35. The Balaban J connectivity index is 1.46. The zero-order chi connectivity index (χ0) is 17.2. The number of nitrogens with one attached hydrogen (secondary N) is 1. The van der Waals surface area contributed by atoms with E-state index >= 15 is 0 Å². The van der Waals surface area contributed by atoms with Crippen molar-refractivity contribution in [3.63, 3.8) is 0 Å². The van der Waals surface area contributed by atoms with Crippen LogP contribution in [0, 0.1) is 0 Å². The van der Waals surface area contributed by atoms with Crippen LogP contribution in [0.3, 0.4) is 0 Å². The van der Waals surface area contributed by atoms with Crippen molar-refractivity contribution in [2.45, 2.75) is 25.8 Å². The first-order chi connectivity index (χ1) is 12.2. The minimum atomic E-state index is -0.169. The SMILES string of the molecule is O=C(CN1CSCC1=O)Nc1cccc(-c2cn3c(n2)CCCC3)c1. The highest BCUT2D eigenvalue weighted by atomic mass is 32.2. The lowest BCUT2D eigenvalue weighted by Gasteiger charge is -2.14. The molecule has 4 rings (SSSR count). The molecule has 2 amide bonds. The predicted molar refractivity (Wildman–Crippen MR) is 98.3 cm³/mol. The first kappa shape index (κ1) is 16.2. The summed E-state index contributed by atoms with van der Waals surface area (Å²) in [5, 5.41) is 2.88. The number of nitrogens with zero attached hydrogens (tertiary/aromatic N) is 3. The van der Waals surface area contributed by atoms with Gasteiger partial charge in [-0.05, 0) is 25.0 Å². The van der Waals surface area contributed by atoms with Crippen LogP contribution in [0.25, 0.3) is 11.3 Å². The number of hydrogen-bond donors (Lipinski definition) is 1. The maximum Gasteiger partial charge on any atom is 0.244 e. The van der Waals surface area contributed by atoms with Gasteiger partial charge in [-0.1, -0.05) is 12.1 Å². The van der Waals surface area contributed by atoms with Gasteiger partial charge in [0.2, 0.25) is 11.8 Å². The van der Waals surface area contributed by atoms with Gasteiger partial charge in [-0.2, -0.15) is 0 Å². The summed E-state index contributed by atoms with van der Waals surface area (Å²) in [6.45, 7) is 1.13. The Morgan fingerprint density at radius 3 is 3.04 bits per heavy atom. The number of hydrogen-bond acceptors (Lipinski definition) is 4. The number of fused-ring (bicyclic) bond motifs is 1. The standard InChI is InChI=1S/C18H20N4O2S/c23-17(10-22-12-25-11-18(22)24)19-14-5-3-4-13(8-14)15-9-21-7-2-1-6-16(21)20-15/h3-5,8-9H,1-2,6-7,10-12H2,(H,19,23). The van der Waals surface area contributed by atoms with E-state index in [1.807, 2.05) is 24.3 Å². The first-order valence-electron chi connectivity index (χ1n) is 8.51. The summed E-state index contributed by atoms with van der Waals surface area (Å²) in [6.07, 6.45) is 5.51. The van der Waals surface area contributed by atoms with Gasteiger partial charge in [0.1, 0.15) is 12.4 Å². The van der Waals surface area contributed by atoms with Crippen LogP contribution in [0.4, 0.5) is 5.69 Å². The molecule has 1 aromatic carbocycles. The van der Waals surface area contributed by atoms with E-state index in [-0.39, 0.29) is 18.4 Å². The number of aromatic nitrogens is 2. The summed E-state index contributed by atoms with van der Waals surface area (Å²) in [6, 6.07) is 7.72. The first-order valence-corrected chi connectivity index (χ1v) is 9.66. The molecule has 1 aromatic heterocycles. The van der Waals surface area contributed by atoms with Crippen LogP contribution < -0.4 is 5.32 Å². The molecule has 2 aromatic rings. The highest BCUT2D eigenvalue weighted by Crippen LogP contribution is 2.25. The van der Waals surface area contributed by atoms with E-state index < -0.39 is 0 Å². The molecular weight excluding hydrogens is 336 g/mol. The summed E-state index contributed by atoms with van der Waals surface area (Å²) in [7, 11) is 0. The molecule has 1 fully saturated rings. The zero-order valence-electron chi connectivity index (χ0n) is 13.9. The average molecular weight is 356 g/mol. The molecule has 2 aliphatic rings. The Labute approximate surface area is 150 Å². The number of amides is 2. The van der Waals surface area contributed by atoms with E-state index in [4.69, 9.17) is 4.98 Å². The lowest BCUT2D eigenvalue weighted by Crippen LogP contribution is -2.34. The molecule has 130 valence electrons. The van der Waals surface area contributed by atoms with Gasteiger partial charge >= 0.3 is 0 Å². The van der Waals surface area contributed by atoms with Crippen LogP contribution >= 0.6 is 11.8 Å². The van der Waals surface area contributed by atoms with Crippen molar-refractivity contribution in [2.75, 3.05) is 23.5 Å². The Morgan fingerprint density at radius 1 is 1.32 bits per heavy atom. The van der Waals surface area contributed by atoms with Gasteiger partial charge in [0.05, 0.1) is 17.3 Å². The lowest BCUT2D eigenvalue weighted by molar-refractivity contribution is -0.130. The van der Waals surface area contributed by atoms with E-state index in [9.17, 15) is 9.59 Å². The zero-order valence-corrected chi connectivity index (χ0v) is 14.7. The maximum absolute atomic E-state index is 12.2. The lowest BCUT2D eigenvalue weighted by atomic mass is 10.1. The molecule has 0 radical (unpaired) electrons. The van der Waals surface area contributed by atoms with E-state index in [0.717, 1.165) is 35.7 Å². The Kier molecular flexibility index (Phi) is 4.48. The third-order valence-corrected chi connectivity index (χ3v) is 5.46. The monoisotopic (exact) mass is 356 g/mol. The molecule has 1 N–H and O–H groups in total. The van der Waals surface area contributed by atoms with Crippen LogP contribution in [-0.2, 0) is 22.6 Å². The van der Waals surface area contributed by atoms with Crippen LogP contribution in [-0.4, -0.2) is 44.4 Å². The van der Waals surface area contributed by atoms with Crippen molar-refractivity contribution in [2.24, 2.45) is 0 Å². The maximum atomic E-state index is 12.2. The minimum absolute atomic E-state index is 0.0255. The molecule has 0 bridgehead atoms. The smallest absolute Gasteiger partial charge is 0.244 e. The molecule has 0 spiro atoms. The van der Waals surface area contributed by atoms with Gasteiger partial charge < -0.3 is 14.8 Å². The second-order valence-electron chi connectivity index (χ2n) is 6.39. The van der Waals surface area contributed by atoms with Gasteiger partial charge in [0.15, 0.2) is 0 Å². The van der Waals surface area contributed by atoms with Gasteiger partial charge in [0.25, 0.3) is 0 Å². The topological polar surface area (TPSA) is 67.2 Å². The highest BCUT2D eigenvalue weighted by Gasteiger charge is 2.23. The third-order valence-electron chi connectivity index (χ3n) is 4.51. The number of carbonyl (C=O) groups excluding carboxylic acids is 2. The van der Waals surface area contributed by atoms with Gasteiger partial charge in [0, 0.05) is 30.4 Å². The quantitative estimate of drug-likeness (QED) is 0.913. The summed E-state index contributed by atoms with van der Waals surface area (Å²) in [5.74, 6) is 2.05. The number of rotatable bonds is 4. The van der Waals surface area contributed by atoms with Crippen LogP contribution in [0.1, 0.15) is 18.7 Å². The summed E-state index contributed by atoms with van der Waals surface area (Å²) in [5.41, 5.74) is 2.67. The second kappa shape index (κ2) is 6.92. The molecule has 2 aliphatic heterocycles. The predicted octanol–water partition coefficient (Wildman–Crippen LogP) is 2.36. The van der Waals surface area contributed by atoms with Gasteiger partial charge in [-0.15, -0.1) is 11.8 Å². The molecular formula is C18H20N4O2S. The van der Waals surface area contributed by atoms with Crippen LogP contribution in [0.5, 0.6) is 0 Å². The molecule has 0 saturated carbocycles. The Morgan fingerprint density at radius 2 is 2.24 bits per heavy atom. The molecule has 7 heteroatoms. The van der Waals surface area contributed by atoms with E-state index in [1.54, 1.807) is 4.90 Å². The number of anilines is 1. The normalized spacial score (nSPS) is 16.8.